The second-order valence-corrected chi connectivity index (χ2v) is 5.83. The number of nitrogens with zero attached hydrogens (tertiary/aromatic N) is 4. The van der Waals surface area contributed by atoms with Crippen molar-refractivity contribution >= 4 is 11.3 Å². The van der Waals surface area contributed by atoms with E-state index in [1.807, 2.05) is 48.4 Å². The van der Waals surface area contributed by atoms with E-state index >= 15 is 0 Å². The Labute approximate surface area is 126 Å². The maximum absolute atomic E-state index is 5.70. The van der Waals surface area contributed by atoms with E-state index in [1.54, 1.807) is 11.3 Å². The highest BCUT2D eigenvalue weighted by atomic mass is 32.1. The van der Waals surface area contributed by atoms with Crippen molar-refractivity contribution < 1.29 is 4.42 Å². The van der Waals surface area contributed by atoms with Crippen molar-refractivity contribution in [1.29, 1.82) is 0 Å². The maximum atomic E-state index is 5.70. The van der Waals surface area contributed by atoms with Gasteiger partial charge in [0.1, 0.15) is 0 Å². The molecule has 0 bridgehead atoms. The van der Waals surface area contributed by atoms with Crippen molar-refractivity contribution in [3.8, 4) is 10.8 Å². The summed E-state index contributed by atoms with van der Waals surface area (Å²) in [5, 5.41) is 17.8. The highest BCUT2D eigenvalue weighted by molar-refractivity contribution is 7.13. The molecular weight excluding hydrogens is 286 g/mol. The van der Waals surface area contributed by atoms with Crippen molar-refractivity contribution in [2.24, 2.45) is 0 Å². The van der Waals surface area contributed by atoms with Gasteiger partial charge in [0.15, 0.2) is 0 Å². The highest BCUT2D eigenvalue weighted by Gasteiger charge is 2.14. The molecule has 0 amide bonds. The fourth-order valence-electron chi connectivity index (χ4n) is 1.98. The lowest BCUT2D eigenvalue weighted by molar-refractivity contribution is 0.411. The van der Waals surface area contributed by atoms with Crippen LogP contribution in [0.15, 0.2) is 34.3 Å². The van der Waals surface area contributed by atoms with Gasteiger partial charge in [0.25, 0.3) is 5.89 Å². The third-order valence-electron chi connectivity index (χ3n) is 3.10. The number of hydrogen-bond donors (Lipinski definition) is 1. The predicted octanol–water partition coefficient (Wildman–Crippen LogP) is 2.65. The molecule has 0 saturated heterocycles. The van der Waals surface area contributed by atoms with Crippen LogP contribution in [0, 0.1) is 6.92 Å². The smallest absolute Gasteiger partial charge is 0.257 e. The van der Waals surface area contributed by atoms with E-state index < -0.39 is 0 Å². The van der Waals surface area contributed by atoms with Gasteiger partial charge < -0.3 is 9.73 Å². The van der Waals surface area contributed by atoms with Crippen LogP contribution in [0.2, 0.25) is 0 Å². The van der Waals surface area contributed by atoms with Crippen molar-refractivity contribution in [1.82, 2.24) is 25.3 Å². The summed E-state index contributed by atoms with van der Waals surface area (Å²) in [4.78, 5) is 0.993. The van der Waals surface area contributed by atoms with Crippen LogP contribution >= 0.6 is 11.3 Å². The molecule has 0 spiro atoms. The zero-order chi connectivity index (χ0) is 14.7. The van der Waals surface area contributed by atoms with E-state index in [1.165, 1.54) is 5.56 Å². The fourth-order valence-corrected chi connectivity index (χ4v) is 2.63. The first-order valence-corrected chi connectivity index (χ1v) is 7.70. The number of aryl methyl sites for hydroxylation is 1. The summed E-state index contributed by atoms with van der Waals surface area (Å²) < 4.78 is 7.62. The summed E-state index contributed by atoms with van der Waals surface area (Å²) in [7, 11) is 0. The zero-order valence-electron chi connectivity index (χ0n) is 12.0. The number of rotatable bonds is 6. The van der Waals surface area contributed by atoms with Crippen molar-refractivity contribution in [3.05, 3.63) is 41.4 Å². The number of thiophene rings is 1. The predicted molar refractivity (Wildman–Crippen MR) is 81.0 cm³/mol. The van der Waals surface area contributed by atoms with Gasteiger partial charge in [-0.3, -0.25) is 4.68 Å². The minimum atomic E-state index is 0.0165. The molecule has 0 saturated carbocycles. The third kappa shape index (κ3) is 3.37. The number of aromatic nitrogens is 4. The van der Waals surface area contributed by atoms with Crippen LogP contribution in [0.4, 0.5) is 0 Å². The van der Waals surface area contributed by atoms with E-state index in [4.69, 9.17) is 4.42 Å². The van der Waals surface area contributed by atoms with Gasteiger partial charge in [-0.05, 0) is 30.9 Å². The normalized spacial score (nSPS) is 12.7. The Balaban J connectivity index is 1.54. The first kappa shape index (κ1) is 14.0. The van der Waals surface area contributed by atoms with E-state index in [-0.39, 0.29) is 6.04 Å². The lowest BCUT2D eigenvalue weighted by atomic mass is 10.3. The molecule has 0 radical (unpaired) electrons. The van der Waals surface area contributed by atoms with Crippen LogP contribution < -0.4 is 5.32 Å². The van der Waals surface area contributed by atoms with Crippen LogP contribution in [0.5, 0.6) is 0 Å². The minimum Gasteiger partial charge on any atom is -0.418 e. The molecule has 0 fully saturated rings. The minimum absolute atomic E-state index is 0.0165. The summed E-state index contributed by atoms with van der Waals surface area (Å²) in [5.41, 5.74) is 1.17. The van der Waals surface area contributed by atoms with E-state index in [0.717, 1.165) is 18.0 Å². The van der Waals surface area contributed by atoms with Crippen molar-refractivity contribution in [2.45, 2.75) is 26.4 Å². The standard InChI is InChI=1S/C14H17N5OS/c1-10-8-16-19(9-10)6-5-15-11(2)13-17-18-14(20-13)12-4-3-7-21-12/h3-4,7-9,11,15H,5-6H2,1-2H3/t11-/m1/s1. The molecule has 7 heteroatoms. The first-order chi connectivity index (χ1) is 10.2. The summed E-state index contributed by atoms with van der Waals surface area (Å²) in [6.07, 6.45) is 3.88. The Kier molecular flexibility index (Phi) is 4.12. The largest absolute Gasteiger partial charge is 0.418 e. The molecule has 0 aromatic carbocycles. The SMILES string of the molecule is Cc1cnn(CCN[C@H](C)c2nnc(-c3cccs3)o2)c1. The maximum Gasteiger partial charge on any atom is 0.257 e. The summed E-state index contributed by atoms with van der Waals surface area (Å²) in [5.74, 6) is 1.19. The topological polar surface area (TPSA) is 68.8 Å². The summed E-state index contributed by atoms with van der Waals surface area (Å²) >= 11 is 1.59. The Morgan fingerprint density at radius 2 is 2.33 bits per heavy atom. The van der Waals surface area contributed by atoms with Crippen LogP contribution in [-0.2, 0) is 6.54 Å². The lowest BCUT2D eigenvalue weighted by Gasteiger charge is -2.09. The lowest BCUT2D eigenvalue weighted by Crippen LogP contribution is -2.23. The van der Waals surface area contributed by atoms with Crippen LogP contribution in [0.25, 0.3) is 10.8 Å². The Hall–Kier alpha value is -1.99. The average Bonchev–Trinajstić information content (AvgIpc) is 3.19. The molecule has 0 aliphatic heterocycles. The molecule has 3 rings (SSSR count). The molecule has 3 heterocycles. The van der Waals surface area contributed by atoms with Gasteiger partial charge in [0.05, 0.1) is 23.7 Å². The quantitative estimate of drug-likeness (QED) is 0.758. The van der Waals surface area contributed by atoms with Gasteiger partial charge >= 0.3 is 0 Å². The molecular formula is C14H17N5OS. The number of hydrogen-bond acceptors (Lipinski definition) is 6. The molecule has 6 nitrogen and oxygen atoms in total. The monoisotopic (exact) mass is 303 g/mol. The van der Waals surface area contributed by atoms with E-state index in [2.05, 4.69) is 20.6 Å². The first-order valence-electron chi connectivity index (χ1n) is 6.82. The second kappa shape index (κ2) is 6.19. The molecule has 3 aromatic heterocycles. The Bertz CT molecular complexity index is 688. The Morgan fingerprint density at radius 3 is 3.05 bits per heavy atom. The van der Waals surface area contributed by atoms with Gasteiger partial charge in [0, 0.05) is 12.7 Å². The molecule has 21 heavy (non-hydrogen) atoms. The Morgan fingerprint density at radius 1 is 1.43 bits per heavy atom. The van der Waals surface area contributed by atoms with Gasteiger partial charge in [0.2, 0.25) is 5.89 Å². The van der Waals surface area contributed by atoms with Gasteiger partial charge in [-0.15, -0.1) is 21.5 Å². The molecule has 0 unspecified atom stereocenters. The molecule has 1 atom stereocenters. The second-order valence-electron chi connectivity index (χ2n) is 4.88. The van der Waals surface area contributed by atoms with Gasteiger partial charge in [-0.25, -0.2) is 0 Å². The molecule has 3 aromatic rings. The van der Waals surface area contributed by atoms with E-state index in [9.17, 15) is 0 Å². The zero-order valence-corrected chi connectivity index (χ0v) is 12.8. The van der Waals surface area contributed by atoms with Crippen molar-refractivity contribution in [2.75, 3.05) is 6.54 Å². The molecule has 1 N–H and O–H groups in total. The summed E-state index contributed by atoms with van der Waals surface area (Å²) in [6, 6.07) is 3.96. The van der Waals surface area contributed by atoms with Crippen LogP contribution in [0.1, 0.15) is 24.4 Å². The van der Waals surface area contributed by atoms with Crippen LogP contribution in [-0.4, -0.2) is 26.5 Å². The molecule has 0 aliphatic carbocycles. The van der Waals surface area contributed by atoms with Crippen molar-refractivity contribution in [3.63, 3.8) is 0 Å². The average molecular weight is 303 g/mol. The van der Waals surface area contributed by atoms with Gasteiger partial charge in [-0.1, -0.05) is 6.07 Å². The van der Waals surface area contributed by atoms with Gasteiger partial charge in [-0.2, -0.15) is 5.10 Å². The van der Waals surface area contributed by atoms with Crippen LogP contribution in [0.3, 0.4) is 0 Å². The molecule has 110 valence electrons. The fraction of sp³-hybridized carbons (Fsp3) is 0.357. The summed E-state index contributed by atoms with van der Waals surface area (Å²) in [6.45, 7) is 5.65. The third-order valence-corrected chi connectivity index (χ3v) is 3.95. The van der Waals surface area contributed by atoms with E-state index in [0.29, 0.717) is 11.8 Å². The highest BCUT2D eigenvalue weighted by Crippen LogP contribution is 2.24. The molecule has 0 aliphatic rings. The number of nitrogens with one attached hydrogen (secondary N) is 1.